The van der Waals surface area contributed by atoms with Crippen molar-refractivity contribution in [2.75, 3.05) is 14.2 Å². The fourth-order valence-corrected chi connectivity index (χ4v) is 3.86. The van der Waals surface area contributed by atoms with Crippen LogP contribution in [0.2, 0.25) is 0 Å². The van der Waals surface area contributed by atoms with Gasteiger partial charge in [0.05, 0.1) is 14.2 Å². The largest absolute Gasteiger partial charge is 0.504 e. The van der Waals surface area contributed by atoms with Gasteiger partial charge in [0, 0.05) is 24.8 Å². The van der Waals surface area contributed by atoms with Crippen molar-refractivity contribution in [2.24, 2.45) is 0 Å². The number of aromatic hydroxyl groups is 1. The van der Waals surface area contributed by atoms with E-state index in [2.05, 4.69) is 0 Å². The third-order valence-corrected chi connectivity index (χ3v) is 5.70. The Morgan fingerprint density at radius 3 is 1.87 bits per heavy atom. The zero-order chi connectivity index (χ0) is 23.1. The normalized spacial score (nSPS) is 10.8. The van der Waals surface area contributed by atoms with Crippen molar-refractivity contribution in [3.63, 3.8) is 0 Å². The molecule has 0 saturated carbocycles. The number of aliphatic carboxylic acids is 1. The summed E-state index contributed by atoms with van der Waals surface area (Å²) in [6, 6.07) is 1.91. The van der Waals surface area contributed by atoms with E-state index < -0.39 is 5.97 Å². The maximum atomic E-state index is 11.8. The number of hydrogen-bond donors (Lipinski definition) is 2. The number of carbonyl (C=O) groups is 2. The van der Waals surface area contributed by atoms with Crippen LogP contribution in [0.5, 0.6) is 17.2 Å². The van der Waals surface area contributed by atoms with Crippen LogP contribution >= 0.6 is 0 Å². The second-order valence-corrected chi connectivity index (χ2v) is 8.22. The number of carbonyl (C=O) groups excluding carboxylic acids is 1. The number of carboxylic acids is 1. The number of aryl methyl sites for hydroxylation is 1. The number of benzene rings is 1. The molecule has 6 nitrogen and oxygen atoms in total. The molecule has 0 spiro atoms. The summed E-state index contributed by atoms with van der Waals surface area (Å²) in [5, 5.41) is 19.1. The first-order valence-corrected chi connectivity index (χ1v) is 11.6. The van der Waals surface area contributed by atoms with Crippen molar-refractivity contribution in [2.45, 2.75) is 96.8 Å². The summed E-state index contributed by atoms with van der Waals surface area (Å²) in [4.78, 5) is 22.3. The van der Waals surface area contributed by atoms with Crippen LogP contribution in [0.1, 0.15) is 94.6 Å². The van der Waals surface area contributed by atoms with E-state index in [-0.39, 0.29) is 12.2 Å². The molecule has 0 saturated heterocycles. The highest BCUT2D eigenvalue weighted by molar-refractivity contribution is 5.78. The number of rotatable bonds is 18. The summed E-state index contributed by atoms with van der Waals surface area (Å²) in [7, 11) is 3.10. The first-order valence-electron chi connectivity index (χ1n) is 11.6. The van der Waals surface area contributed by atoms with E-state index in [9.17, 15) is 14.7 Å². The van der Waals surface area contributed by atoms with Crippen LogP contribution in [0, 0.1) is 6.92 Å². The van der Waals surface area contributed by atoms with Crippen LogP contribution in [-0.2, 0) is 16.0 Å². The minimum Gasteiger partial charge on any atom is -0.504 e. The Hall–Kier alpha value is -2.24. The topological polar surface area (TPSA) is 93.1 Å². The van der Waals surface area contributed by atoms with Crippen molar-refractivity contribution in [3.05, 3.63) is 17.2 Å². The molecular formula is C25H40O6. The van der Waals surface area contributed by atoms with Crippen LogP contribution in [0.25, 0.3) is 0 Å². The number of ether oxygens (including phenoxy) is 2. The number of methoxy groups -OCH3 is 2. The van der Waals surface area contributed by atoms with E-state index in [0.717, 1.165) is 68.9 Å². The molecule has 1 rings (SSSR count). The molecule has 0 amide bonds. The van der Waals surface area contributed by atoms with Gasteiger partial charge in [-0.25, -0.2) is 0 Å². The zero-order valence-corrected chi connectivity index (χ0v) is 19.5. The maximum Gasteiger partial charge on any atom is 0.303 e. The molecule has 0 atom stereocenters. The summed E-state index contributed by atoms with van der Waals surface area (Å²) >= 11 is 0. The SMILES string of the molecule is COc1cc(C)c(CCCCCCCCCC(=O)CCCCCC(=O)O)c(O)c1OC. The molecule has 6 heteroatoms. The number of Topliss-reactive ketones (excluding diaryl/α,β-unsaturated/α-hetero) is 1. The first-order chi connectivity index (χ1) is 14.9. The second kappa shape index (κ2) is 15.5. The highest BCUT2D eigenvalue weighted by atomic mass is 16.5. The lowest BCUT2D eigenvalue weighted by Crippen LogP contribution is -1.99. The monoisotopic (exact) mass is 436 g/mol. The molecular weight excluding hydrogens is 396 g/mol. The maximum absolute atomic E-state index is 11.8. The first kappa shape index (κ1) is 26.8. The minimum atomic E-state index is -0.763. The molecule has 0 unspecified atom stereocenters. The van der Waals surface area contributed by atoms with Gasteiger partial charge in [-0.15, -0.1) is 0 Å². The Morgan fingerprint density at radius 2 is 1.32 bits per heavy atom. The lowest BCUT2D eigenvalue weighted by atomic mass is 9.98. The van der Waals surface area contributed by atoms with E-state index in [1.165, 1.54) is 13.5 Å². The third-order valence-electron chi connectivity index (χ3n) is 5.70. The quantitative estimate of drug-likeness (QED) is 0.275. The Labute approximate surface area is 187 Å². The van der Waals surface area contributed by atoms with Gasteiger partial charge in [-0.05, 0) is 50.7 Å². The molecule has 1 aromatic rings. The lowest BCUT2D eigenvalue weighted by Gasteiger charge is -2.15. The fourth-order valence-electron chi connectivity index (χ4n) is 3.86. The standard InChI is InChI=1S/C25H40O6/c1-19-18-22(30-2)25(31-3)24(29)21(19)16-12-8-6-4-5-7-10-14-20(26)15-11-9-13-17-23(27)28/h18,29H,4-17H2,1-3H3,(H,27,28). The lowest BCUT2D eigenvalue weighted by molar-refractivity contribution is -0.137. The average molecular weight is 437 g/mol. The molecule has 176 valence electrons. The molecule has 0 radical (unpaired) electrons. The van der Waals surface area contributed by atoms with Gasteiger partial charge in [0.1, 0.15) is 5.78 Å². The van der Waals surface area contributed by atoms with E-state index in [1.54, 1.807) is 7.11 Å². The number of carboxylic acid groups (broad SMARTS) is 1. The van der Waals surface area contributed by atoms with Gasteiger partial charge in [-0.2, -0.15) is 0 Å². The molecule has 0 bridgehead atoms. The van der Waals surface area contributed by atoms with Gasteiger partial charge in [0.2, 0.25) is 5.75 Å². The van der Waals surface area contributed by atoms with Crippen molar-refractivity contribution >= 4 is 11.8 Å². The van der Waals surface area contributed by atoms with Crippen LogP contribution in [0.4, 0.5) is 0 Å². The summed E-state index contributed by atoms with van der Waals surface area (Å²) in [6.45, 7) is 1.98. The molecule has 31 heavy (non-hydrogen) atoms. The third kappa shape index (κ3) is 10.6. The highest BCUT2D eigenvalue weighted by Gasteiger charge is 2.16. The summed E-state index contributed by atoms with van der Waals surface area (Å²) in [5.74, 6) is 0.683. The van der Waals surface area contributed by atoms with Gasteiger partial charge in [0.15, 0.2) is 11.5 Å². The molecule has 1 aromatic carbocycles. The van der Waals surface area contributed by atoms with E-state index in [4.69, 9.17) is 14.6 Å². The summed E-state index contributed by atoms with van der Waals surface area (Å²) in [5.41, 5.74) is 1.95. The van der Waals surface area contributed by atoms with Crippen LogP contribution in [0.15, 0.2) is 6.07 Å². The second-order valence-electron chi connectivity index (χ2n) is 8.22. The van der Waals surface area contributed by atoms with Crippen LogP contribution in [-0.4, -0.2) is 36.2 Å². The molecule has 2 N–H and O–H groups in total. The van der Waals surface area contributed by atoms with Gasteiger partial charge >= 0.3 is 5.97 Å². The summed E-state index contributed by atoms with van der Waals surface area (Å²) < 4.78 is 10.6. The van der Waals surface area contributed by atoms with Crippen molar-refractivity contribution < 1.29 is 29.3 Å². The van der Waals surface area contributed by atoms with Crippen molar-refractivity contribution in [1.29, 1.82) is 0 Å². The number of phenols is 1. The summed E-state index contributed by atoms with van der Waals surface area (Å²) in [6.07, 6.45) is 12.2. The molecule has 0 aliphatic heterocycles. The fraction of sp³-hybridized carbons (Fsp3) is 0.680. The van der Waals surface area contributed by atoms with Gasteiger partial charge in [0.25, 0.3) is 0 Å². The Bertz CT molecular complexity index is 683. The Balaban J connectivity index is 2.10. The number of unbranched alkanes of at least 4 members (excludes halogenated alkanes) is 8. The molecule has 0 heterocycles. The Kier molecular flexibility index (Phi) is 13.4. The number of phenolic OH excluding ortho intramolecular Hbond substituents is 1. The predicted octanol–water partition coefficient (Wildman–Crippen LogP) is 5.99. The van der Waals surface area contributed by atoms with Gasteiger partial charge < -0.3 is 19.7 Å². The smallest absolute Gasteiger partial charge is 0.303 e. The van der Waals surface area contributed by atoms with Crippen LogP contribution < -0.4 is 9.47 Å². The zero-order valence-electron chi connectivity index (χ0n) is 19.5. The predicted molar refractivity (Wildman–Crippen MR) is 122 cm³/mol. The van der Waals surface area contributed by atoms with Gasteiger partial charge in [-0.1, -0.05) is 38.5 Å². The average Bonchev–Trinajstić information content (AvgIpc) is 2.73. The van der Waals surface area contributed by atoms with E-state index in [1.807, 2.05) is 13.0 Å². The van der Waals surface area contributed by atoms with Crippen molar-refractivity contribution in [1.82, 2.24) is 0 Å². The van der Waals surface area contributed by atoms with Gasteiger partial charge in [-0.3, -0.25) is 9.59 Å². The minimum absolute atomic E-state index is 0.186. The number of ketones is 1. The molecule has 0 aromatic heterocycles. The van der Waals surface area contributed by atoms with E-state index >= 15 is 0 Å². The molecule has 0 aliphatic carbocycles. The van der Waals surface area contributed by atoms with E-state index in [0.29, 0.717) is 36.5 Å². The highest BCUT2D eigenvalue weighted by Crippen LogP contribution is 2.41. The van der Waals surface area contributed by atoms with Crippen molar-refractivity contribution in [3.8, 4) is 17.2 Å². The molecule has 0 aliphatic rings. The Morgan fingerprint density at radius 1 is 0.806 bits per heavy atom. The van der Waals surface area contributed by atoms with Crippen LogP contribution in [0.3, 0.4) is 0 Å². The number of hydrogen-bond acceptors (Lipinski definition) is 5. The molecule has 0 fully saturated rings.